The largest absolute Gasteiger partial charge is 0.462 e. The zero-order valence-corrected chi connectivity index (χ0v) is 52.4. The number of ether oxygens (including phenoxy) is 3. The second-order valence-corrected chi connectivity index (χ2v) is 22.7. The highest BCUT2D eigenvalue weighted by molar-refractivity contribution is 5.71. The maximum atomic E-state index is 12.9. The molecule has 6 nitrogen and oxygen atoms in total. The third-order valence-electron chi connectivity index (χ3n) is 14.9. The van der Waals surface area contributed by atoms with Crippen LogP contribution >= 0.6 is 0 Å². The Morgan fingerprint density at radius 2 is 0.494 bits per heavy atom. The zero-order chi connectivity index (χ0) is 57.1. The van der Waals surface area contributed by atoms with Crippen LogP contribution in [0.2, 0.25) is 0 Å². The minimum absolute atomic E-state index is 0.0893. The van der Waals surface area contributed by atoms with E-state index in [1.54, 1.807) is 0 Å². The van der Waals surface area contributed by atoms with Gasteiger partial charge in [-0.25, -0.2) is 0 Å². The summed E-state index contributed by atoms with van der Waals surface area (Å²) >= 11 is 0. The first-order valence-electron chi connectivity index (χ1n) is 34.1. The molecule has 0 saturated carbocycles. The Morgan fingerprint density at radius 1 is 0.266 bits per heavy atom. The fourth-order valence-corrected chi connectivity index (χ4v) is 9.76. The van der Waals surface area contributed by atoms with Gasteiger partial charge in [-0.15, -0.1) is 0 Å². The first-order chi connectivity index (χ1) is 39.0. The van der Waals surface area contributed by atoms with Crippen molar-refractivity contribution in [3.8, 4) is 0 Å². The Hall–Kier alpha value is -3.41. The number of esters is 3. The van der Waals surface area contributed by atoms with Crippen LogP contribution in [-0.4, -0.2) is 37.2 Å². The van der Waals surface area contributed by atoms with Gasteiger partial charge in [-0.05, 0) is 116 Å². The quantitative estimate of drug-likeness (QED) is 0.0261. The average molecular weight is 1100 g/mol. The Kier molecular flexibility index (Phi) is 64.2. The highest BCUT2D eigenvalue weighted by Crippen LogP contribution is 2.17. The number of rotatable bonds is 62. The molecule has 0 fully saturated rings. The summed E-state index contributed by atoms with van der Waals surface area (Å²) in [6.45, 7) is 6.54. The van der Waals surface area contributed by atoms with Crippen LogP contribution in [0.15, 0.2) is 85.1 Å². The van der Waals surface area contributed by atoms with E-state index in [-0.39, 0.29) is 37.5 Å². The molecule has 0 rings (SSSR count). The van der Waals surface area contributed by atoms with E-state index in [0.717, 1.165) is 96.3 Å². The standard InChI is InChI=1S/C73H128O6/c1-4-7-10-13-16-19-22-25-28-31-34-35-36-37-40-42-45-48-51-54-57-60-63-66-72(75)78-69-70(79-73(76)67-64-61-58-55-52-49-46-43-39-33-30-27-24-21-18-15-12-9-6-3)68-77-71(74)65-62-59-56-53-50-47-44-41-38-32-29-26-23-20-17-14-11-8-5-2/h9,12,18,21,26-27,29-31,34,39,43,49,52,70H,4-8,10-11,13-17,19-20,22-25,28,32-33,35-38,40-42,44-48,50-51,53-69H2,1-3H3/b12-9-,21-18-,29-26-,30-27-,34-31-,43-39-,52-49-. The summed E-state index contributed by atoms with van der Waals surface area (Å²) in [6.07, 6.45) is 88.8. The van der Waals surface area contributed by atoms with Crippen molar-refractivity contribution in [3.05, 3.63) is 85.1 Å². The second kappa shape index (κ2) is 67.1. The summed E-state index contributed by atoms with van der Waals surface area (Å²) in [5, 5.41) is 0. The lowest BCUT2D eigenvalue weighted by molar-refractivity contribution is -0.167. The maximum absolute atomic E-state index is 12.9. The lowest BCUT2D eigenvalue weighted by Gasteiger charge is -2.18. The second-order valence-electron chi connectivity index (χ2n) is 22.7. The summed E-state index contributed by atoms with van der Waals surface area (Å²) in [4.78, 5) is 38.4. The van der Waals surface area contributed by atoms with Crippen LogP contribution in [0, 0.1) is 0 Å². The van der Waals surface area contributed by atoms with E-state index in [1.807, 2.05) is 0 Å². The van der Waals surface area contributed by atoms with Crippen LogP contribution in [-0.2, 0) is 28.6 Å². The number of unbranched alkanes of at least 4 members (excludes halogenated alkanes) is 37. The first kappa shape index (κ1) is 75.6. The maximum Gasteiger partial charge on any atom is 0.306 e. The van der Waals surface area contributed by atoms with E-state index in [1.165, 1.54) is 205 Å². The fourth-order valence-electron chi connectivity index (χ4n) is 9.76. The molecule has 0 spiro atoms. The molecule has 0 saturated heterocycles. The van der Waals surface area contributed by atoms with Crippen LogP contribution < -0.4 is 0 Å². The van der Waals surface area contributed by atoms with Crippen molar-refractivity contribution in [1.82, 2.24) is 0 Å². The molecule has 0 radical (unpaired) electrons. The summed E-state index contributed by atoms with van der Waals surface area (Å²) < 4.78 is 17.0. The molecule has 0 amide bonds. The molecule has 0 N–H and O–H groups in total. The molecular formula is C73H128O6. The van der Waals surface area contributed by atoms with Gasteiger partial charge >= 0.3 is 17.9 Å². The van der Waals surface area contributed by atoms with Crippen LogP contribution in [0.1, 0.15) is 342 Å². The van der Waals surface area contributed by atoms with Gasteiger partial charge in [-0.1, -0.05) is 292 Å². The van der Waals surface area contributed by atoms with E-state index in [2.05, 4.69) is 106 Å². The molecule has 79 heavy (non-hydrogen) atoms. The van der Waals surface area contributed by atoms with Gasteiger partial charge in [0.05, 0.1) is 0 Å². The molecule has 1 atom stereocenters. The first-order valence-corrected chi connectivity index (χ1v) is 34.1. The topological polar surface area (TPSA) is 78.9 Å². The lowest BCUT2D eigenvalue weighted by atomic mass is 10.0. The van der Waals surface area contributed by atoms with Gasteiger partial charge in [0, 0.05) is 19.3 Å². The predicted molar refractivity (Wildman–Crippen MR) is 344 cm³/mol. The monoisotopic (exact) mass is 1100 g/mol. The van der Waals surface area contributed by atoms with Crippen LogP contribution in [0.5, 0.6) is 0 Å². The molecule has 0 aliphatic rings. The van der Waals surface area contributed by atoms with Crippen molar-refractivity contribution in [1.29, 1.82) is 0 Å². The zero-order valence-electron chi connectivity index (χ0n) is 52.4. The molecule has 1 unspecified atom stereocenters. The van der Waals surface area contributed by atoms with Crippen LogP contribution in [0.25, 0.3) is 0 Å². The summed E-state index contributed by atoms with van der Waals surface area (Å²) in [5.74, 6) is -0.909. The summed E-state index contributed by atoms with van der Waals surface area (Å²) in [7, 11) is 0. The number of carbonyl (C=O) groups excluding carboxylic acids is 3. The molecule has 456 valence electrons. The lowest BCUT2D eigenvalue weighted by Crippen LogP contribution is -2.30. The molecule has 0 aromatic heterocycles. The van der Waals surface area contributed by atoms with Crippen molar-refractivity contribution in [2.75, 3.05) is 13.2 Å². The van der Waals surface area contributed by atoms with E-state index >= 15 is 0 Å². The third-order valence-corrected chi connectivity index (χ3v) is 14.9. The Morgan fingerprint density at radius 3 is 0.797 bits per heavy atom. The molecular weight excluding hydrogens is 973 g/mol. The van der Waals surface area contributed by atoms with E-state index in [0.29, 0.717) is 12.8 Å². The average Bonchev–Trinajstić information content (AvgIpc) is 3.45. The van der Waals surface area contributed by atoms with Gasteiger partial charge in [0.15, 0.2) is 6.10 Å². The van der Waals surface area contributed by atoms with Gasteiger partial charge in [0.1, 0.15) is 13.2 Å². The Balaban J connectivity index is 4.40. The van der Waals surface area contributed by atoms with E-state index < -0.39 is 6.10 Å². The highest BCUT2D eigenvalue weighted by Gasteiger charge is 2.19. The van der Waals surface area contributed by atoms with Crippen molar-refractivity contribution >= 4 is 17.9 Å². The highest BCUT2D eigenvalue weighted by atomic mass is 16.6. The molecule has 0 aromatic rings. The van der Waals surface area contributed by atoms with Crippen LogP contribution in [0.3, 0.4) is 0 Å². The van der Waals surface area contributed by atoms with Gasteiger partial charge in [-0.3, -0.25) is 14.4 Å². The summed E-state index contributed by atoms with van der Waals surface area (Å²) in [5.41, 5.74) is 0. The van der Waals surface area contributed by atoms with E-state index in [9.17, 15) is 14.4 Å². The third kappa shape index (κ3) is 65.3. The normalized spacial score (nSPS) is 12.6. The molecule has 0 heterocycles. The van der Waals surface area contributed by atoms with Crippen molar-refractivity contribution in [3.63, 3.8) is 0 Å². The number of allylic oxidation sites excluding steroid dienone is 14. The summed E-state index contributed by atoms with van der Waals surface area (Å²) in [6, 6.07) is 0. The number of hydrogen-bond acceptors (Lipinski definition) is 6. The SMILES string of the molecule is CC/C=C\C/C=C\C/C=C\C/C=C\C/C=C\CCCCCC(=O)OC(COC(=O)CCCCCCCCCCC/C=C\CCCCCCCC)COC(=O)CCCCCCCCCCCCC/C=C\CCCCCCCCCC. The number of carbonyl (C=O) groups is 3. The molecule has 0 bridgehead atoms. The van der Waals surface area contributed by atoms with Crippen molar-refractivity contribution in [2.45, 2.75) is 348 Å². The minimum Gasteiger partial charge on any atom is -0.462 e. The molecule has 0 aromatic carbocycles. The van der Waals surface area contributed by atoms with Gasteiger partial charge in [0.25, 0.3) is 0 Å². The van der Waals surface area contributed by atoms with Gasteiger partial charge in [0.2, 0.25) is 0 Å². The fraction of sp³-hybridized carbons (Fsp3) is 0.767. The molecule has 6 heteroatoms. The van der Waals surface area contributed by atoms with Gasteiger partial charge in [-0.2, -0.15) is 0 Å². The predicted octanol–water partition coefficient (Wildman–Crippen LogP) is 23.4. The molecule has 0 aliphatic heterocycles. The number of hydrogen-bond donors (Lipinski definition) is 0. The Labute approximate surface area is 490 Å². The van der Waals surface area contributed by atoms with Gasteiger partial charge < -0.3 is 14.2 Å². The minimum atomic E-state index is -0.797. The smallest absolute Gasteiger partial charge is 0.306 e. The van der Waals surface area contributed by atoms with Crippen molar-refractivity contribution in [2.24, 2.45) is 0 Å². The molecule has 0 aliphatic carbocycles. The van der Waals surface area contributed by atoms with E-state index in [4.69, 9.17) is 14.2 Å². The van der Waals surface area contributed by atoms with Crippen molar-refractivity contribution < 1.29 is 28.6 Å². The van der Waals surface area contributed by atoms with Crippen LogP contribution in [0.4, 0.5) is 0 Å². The Bertz CT molecular complexity index is 1500.